The van der Waals surface area contributed by atoms with Gasteiger partial charge in [0.05, 0.1) is 5.54 Å². The van der Waals surface area contributed by atoms with Crippen molar-refractivity contribution in [2.75, 3.05) is 0 Å². The van der Waals surface area contributed by atoms with Crippen LogP contribution >= 0.6 is 22.6 Å². The minimum Gasteiger partial charge on any atom is -0.0871 e. The van der Waals surface area contributed by atoms with E-state index in [9.17, 15) is 0 Å². The van der Waals surface area contributed by atoms with E-state index in [4.69, 9.17) is 5.53 Å². The van der Waals surface area contributed by atoms with E-state index < -0.39 is 0 Å². The van der Waals surface area contributed by atoms with Gasteiger partial charge in [-0.15, -0.1) is 0 Å². The summed E-state index contributed by atoms with van der Waals surface area (Å²) in [5.41, 5.74) is 8.21. The quantitative estimate of drug-likeness (QED) is 0.220. The van der Waals surface area contributed by atoms with E-state index >= 15 is 0 Å². The summed E-state index contributed by atoms with van der Waals surface area (Å²) in [6.45, 7) is 0. The van der Waals surface area contributed by atoms with Gasteiger partial charge in [-0.3, -0.25) is 0 Å². The fraction of sp³-hybridized carbons (Fsp3) is 1.00. The fourth-order valence-electron chi connectivity index (χ4n) is 1.81. The van der Waals surface area contributed by atoms with Gasteiger partial charge in [0.1, 0.15) is 0 Å². The second kappa shape index (κ2) is 1.37. The van der Waals surface area contributed by atoms with Crippen molar-refractivity contribution in [3.63, 3.8) is 0 Å². The summed E-state index contributed by atoms with van der Waals surface area (Å²) in [6.07, 6.45) is 3.35. The van der Waals surface area contributed by atoms with Crippen molar-refractivity contribution in [2.24, 2.45) is 5.11 Å². The van der Waals surface area contributed by atoms with E-state index in [0.29, 0.717) is 3.42 Å². The molecule has 9 heavy (non-hydrogen) atoms. The lowest BCUT2D eigenvalue weighted by Crippen LogP contribution is -2.67. The summed E-state index contributed by atoms with van der Waals surface area (Å²) in [7, 11) is 0. The number of halogens is 1. The van der Waals surface area contributed by atoms with Gasteiger partial charge >= 0.3 is 0 Å². The lowest BCUT2D eigenvalue weighted by Gasteiger charge is -2.65. The molecule has 0 heterocycles. The van der Waals surface area contributed by atoms with Crippen LogP contribution in [0.3, 0.4) is 0 Å². The first kappa shape index (κ1) is 5.80. The molecule has 0 aromatic heterocycles. The van der Waals surface area contributed by atoms with Crippen LogP contribution in [0.15, 0.2) is 5.11 Å². The Kier molecular flexibility index (Phi) is 0.884. The molecule has 0 spiro atoms. The van der Waals surface area contributed by atoms with Crippen LogP contribution in [-0.4, -0.2) is 8.96 Å². The molecule has 0 aliphatic heterocycles. The highest BCUT2D eigenvalue weighted by atomic mass is 127. The molecule has 0 radical (unpaired) electrons. The molecule has 3 rings (SSSR count). The van der Waals surface area contributed by atoms with Crippen LogP contribution in [0.2, 0.25) is 0 Å². The van der Waals surface area contributed by atoms with Crippen molar-refractivity contribution in [3.8, 4) is 0 Å². The van der Waals surface area contributed by atoms with Gasteiger partial charge in [-0.25, -0.2) is 0 Å². The van der Waals surface area contributed by atoms with E-state index in [-0.39, 0.29) is 5.54 Å². The highest BCUT2D eigenvalue weighted by Crippen LogP contribution is 2.67. The summed E-state index contributed by atoms with van der Waals surface area (Å²) in [5, 5.41) is 3.75. The van der Waals surface area contributed by atoms with Gasteiger partial charge in [-0.1, -0.05) is 27.7 Å². The monoisotopic (exact) mass is 235 g/mol. The summed E-state index contributed by atoms with van der Waals surface area (Å²) >= 11 is 2.46. The van der Waals surface area contributed by atoms with E-state index in [0.717, 1.165) is 19.3 Å². The van der Waals surface area contributed by atoms with Crippen molar-refractivity contribution in [2.45, 2.75) is 28.2 Å². The summed E-state index contributed by atoms with van der Waals surface area (Å²) in [4.78, 5) is 2.82. The van der Waals surface area contributed by atoms with Crippen LogP contribution in [0, 0.1) is 0 Å². The Labute approximate surface area is 66.6 Å². The van der Waals surface area contributed by atoms with E-state index in [1.54, 1.807) is 0 Å². The Balaban J connectivity index is 2.12. The topological polar surface area (TPSA) is 48.8 Å². The zero-order valence-corrected chi connectivity index (χ0v) is 7.00. The largest absolute Gasteiger partial charge is 0.0871 e. The van der Waals surface area contributed by atoms with Crippen LogP contribution in [0.1, 0.15) is 19.3 Å². The molecule has 0 saturated heterocycles. The molecule has 3 saturated carbocycles. The van der Waals surface area contributed by atoms with Crippen molar-refractivity contribution in [1.82, 2.24) is 0 Å². The second-order valence-electron chi connectivity index (χ2n) is 3.10. The molecule has 3 fully saturated rings. The maximum absolute atomic E-state index is 8.13. The number of hydrogen-bond donors (Lipinski definition) is 0. The number of hydrogen-bond acceptors (Lipinski definition) is 1. The molecule has 0 aromatic carbocycles. The van der Waals surface area contributed by atoms with Gasteiger partial charge in [0.25, 0.3) is 0 Å². The third-order valence-electron chi connectivity index (χ3n) is 2.19. The molecule has 0 aromatic rings. The summed E-state index contributed by atoms with van der Waals surface area (Å²) < 4.78 is 0.534. The number of rotatable bonds is 1. The Morgan fingerprint density at radius 1 is 1.44 bits per heavy atom. The predicted molar refractivity (Wildman–Crippen MR) is 42.5 cm³/mol. The van der Waals surface area contributed by atoms with Crippen LogP contribution < -0.4 is 0 Å². The zero-order chi connectivity index (χ0) is 6.54. The molecule has 3 aliphatic carbocycles. The molecule has 0 amide bonds. The molecule has 0 N–H and O–H groups in total. The Morgan fingerprint density at radius 2 is 2.00 bits per heavy atom. The Morgan fingerprint density at radius 3 is 2.33 bits per heavy atom. The van der Waals surface area contributed by atoms with Crippen molar-refractivity contribution >= 4 is 22.6 Å². The first-order valence-electron chi connectivity index (χ1n) is 2.93. The molecular weight excluding hydrogens is 229 g/mol. The predicted octanol–water partition coefficient (Wildman–Crippen LogP) is 2.41. The van der Waals surface area contributed by atoms with Crippen molar-refractivity contribution < 1.29 is 0 Å². The highest BCUT2D eigenvalue weighted by molar-refractivity contribution is 14.1. The fourth-order valence-corrected chi connectivity index (χ4v) is 3.94. The van der Waals surface area contributed by atoms with E-state index in [1.165, 1.54) is 0 Å². The molecular formula is C5H6IN3. The molecule has 2 bridgehead atoms. The van der Waals surface area contributed by atoms with Gasteiger partial charge in [0, 0.05) is 8.33 Å². The van der Waals surface area contributed by atoms with Crippen LogP contribution in [0.25, 0.3) is 10.4 Å². The summed E-state index contributed by atoms with van der Waals surface area (Å²) in [6, 6.07) is 0. The smallest absolute Gasteiger partial charge is 0.0526 e. The number of alkyl halides is 1. The lowest BCUT2D eigenvalue weighted by molar-refractivity contribution is 0.0325. The summed E-state index contributed by atoms with van der Waals surface area (Å²) in [5.74, 6) is 0. The molecule has 0 unspecified atom stereocenters. The van der Waals surface area contributed by atoms with Crippen molar-refractivity contribution in [3.05, 3.63) is 10.4 Å². The first-order valence-corrected chi connectivity index (χ1v) is 4.01. The Hall–Kier alpha value is 0.0400. The van der Waals surface area contributed by atoms with Crippen LogP contribution in [0.5, 0.6) is 0 Å². The van der Waals surface area contributed by atoms with Crippen molar-refractivity contribution in [1.29, 1.82) is 0 Å². The van der Waals surface area contributed by atoms with Crippen LogP contribution in [-0.2, 0) is 0 Å². The highest BCUT2D eigenvalue weighted by Gasteiger charge is 2.66. The average Bonchev–Trinajstić information content (AvgIpc) is 1.60. The molecule has 0 atom stereocenters. The minimum absolute atomic E-state index is 0.0793. The third-order valence-corrected chi connectivity index (χ3v) is 3.34. The number of azide groups is 1. The first-order chi connectivity index (χ1) is 4.18. The van der Waals surface area contributed by atoms with E-state index in [1.807, 2.05) is 0 Å². The van der Waals surface area contributed by atoms with Gasteiger partial charge in [-0.2, -0.15) is 0 Å². The van der Waals surface area contributed by atoms with E-state index in [2.05, 4.69) is 32.6 Å². The molecule has 48 valence electrons. The molecule has 3 nitrogen and oxygen atoms in total. The molecule has 3 aliphatic rings. The van der Waals surface area contributed by atoms with Crippen LogP contribution in [0.4, 0.5) is 0 Å². The minimum atomic E-state index is 0.0793. The molecule has 4 heteroatoms. The second-order valence-corrected chi connectivity index (χ2v) is 5.38. The normalized spacial score (nSPS) is 52.6. The standard InChI is InChI=1S/C5H6IN3/c6-4-1-5(2-4,3-4)8-9-7/h1-3H2. The maximum Gasteiger partial charge on any atom is 0.0526 e. The maximum atomic E-state index is 8.13. The van der Waals surface area contributed by atoms with Gasteiger partial charge < -0.3 is 0 Å². The van der Waals surface area contributed by atoms with Gasteiger partial charge in [0.15, 0.2) is 0 Å². The van der Waals surface area contributed by atoms with Gasteiger partial charge in [0.2, 0.25) is 0 Å². The average molecular weight is 235 g/mol. The SMILES string of the molecule is [N-]=[N+]=NC12CC(I)(C1)C2. The zero-order valence-electron chi connectivity index (χ0n) is 4.84. The number of nitrogens with zero attached hydrogens (tertiary/aromatic N) is 3. The Bertz CT molecular complexity index is 186. The third kappa shape index (κ3) is 0.604. The lowest BCUT2D eigenvalue weighted by atomic mass is 9.50. The van der Waals surface area contributed by atoms with Gasteiger partial charge in [-0.05, 0) is 24.8 Å².